The summed E-state index contributed by atoms with van der Waals surface area (Å²) in [5.74, 6) is -0.474. The van der Waals surface area contributed by atoms with E-state index in [9.17, 15) is 23.5 Å². The summed E-state index contributed by atoms with van der Waals surface area (Å²) in [6.07, 6.45) is 1.81. The summed E-state index contributed by atoms with van der Waals surface area (Å²) in [7, 11) is 0. The van der Waals surface area contributed by atoms with Crippen molar-refractivity contribution in [3.8, 4) is 17.0 Å². The third-order valence-corrected chi connectivity index (χ3v) is 7.18. The van der Waals surface area contributed by atoms with Crippen LogP contribution in [0.15, 0.2) is 24.5 Å². The zero-order valence-corrected chi connectivity index (χ0v) is 21.3. The fourth-order valence-corrected chi connectivity index (χ4v) is 4.88. The number of aryl methyl sites for hydroxylation is 1. The molecule has 2 heterocycles. The highest BCUT2D eigenvalue weighted by Crippen LogP contribution is 2.37. The number of H-pyrrole nitrogens is 1. The largest absolute Gasteiger partial charge is 0.493 e. The van der Waals surface area contributed by atoms with E-state index in [4.69, 9.17) is 4.74 Å². The van der Waals surface area contributed by atoms with Gasteiger partial charge in [-0.1, -0.05) is 0 Å². The molecule has 2 aliphatic rings. The van der Waals surface area contributed by atoms with Gasteiger partial charge >= 0.3 is 0 Å². The summed E-state index contributed by atoms with van der Waals surface area (Å²) in [6, 6.07) is 3.11. The third-order valence-electron chi connectivity index (χ3n) is 7.18. The lowest BCUT2D eigenvalue weighted by molar-refractivity contribution is -0.129. The number of benzene rings is 1. The van der Waals surface area contributed by atoms with E-state index in [1.807, 2.05) is 0 Å². The molecular weight excluding hydrogens is 496 g/mol. The number of fused-ring (bicyclic) bond motifs is 1. The highest BCUT2D eigenvalue weighted by atomic mass is 19.1. The standard InChI is InChI=1S/C27H31F2N5O4/c1-13-22(27(37)34-20-7-6-17(10-19(20)29)33-26(36)14(2)35)24-25(32-13)23(30-12-31-24)18-9-16(28)5-8-21(18)38-11-15-3-4-15/h5,8-9,12,14-15,17,19-20,32,35H,3-4,6-7,10-11H2,1-2H3,(H,33,36)(H,34,37)/t14-,17?,19?,20?/m0/s1. The maximum atomic E-state index is 15.0. The predicted octanol–water partition coefficient (Wildman–Crippen LogP) is 3.35. The molecule has 0 saturated heterocycles. The Labute approximate surface area is 218 Å². The number of alkyl halides is 1. The summed E-state index contributed by atoms with van der Waals surface area (Å²) in [6.45, 7) is 3.61. The second-order valence-corrected chi connectivity index (χ2v) is 10.3. The molecule has 4 N–H and O–H groups in total. The monoisotopic (exact) mass is 527 g/mol. The number of nitrogens with one attached hydrogen (secondary N) is 3. The Morgan fingerprint density at radius 2 is 2.00 bits per heavy atom. The molecule has 11 heteroatoms. The molecule has 1 aromatic carbocycles. The van der Waals surface area contributed by atoms with Gasteiger partial charge in [-0.2, -0.15) is 0 Å². The zero-order valence-electron chi connectivity index (χ0n) is 21.3. The number of rotatable bonds is 8. The van der Waals surface area contributed by atoms with E-state index in [0.29, 0.717) is 59.1 Å². The van der Waals surface area contributed by atoms with Crippen molar-refractivity contribution in [1.82, 2.24) is 25.6 Å². The van der Waals surface area contributed by atoms with Gasteiger partial charge in [0.1, 0.15) is 41.4 Å². The Hall–Kier alpha value is -3.60. The molecule has 2 aromatic heterocycles. The van der Waals surface area contributed by atoms with Crippen LogP contribution in [0, 0.1) is 18.7 Å². The van der Waals surface area contributed by atoms with Crippen LogP contribution in [0.25, 0.3) is 22.3 Å². The number of aromatic nitrogens is 3. The molecule has 0 radical (unpaired) electrons. The van der Waals surface area contributed by atoms with Crippen LogP contribution in [0.3, 0.4) is 0 Å². The van der Waals surface area contributed by atoms with Crippen molar-refractivity contribution in [2.75, 3.05) is 6.61 Å². The van der Waals surface area contributed by atoms with Crippen LogP contribution in [0.4, 0.5) is 8.78 Å². The second-order valence-electron chi connectivity index (χ2n) is 10.3. The molecule has 3 unspecified atom stereocenters. The van der Waals surface area contributed by atoms with Crippen LogP contribution < -0.4 is 15.4 Å². The van der Waals surface area contributed by atoms with Gasteiger partial charge in [0, 0.05) is 23.7 Å². The van der Waals surface area contributed by atoms with Crippen LogP contribution in [0.5, 0.6) is 5.75 Å². The number of hydrogen-bond donors (Lipinski definition) is 4. The number of ether oxygens (including phenoxy) is 1. The number of carbonyl (C=O) groups excluding carboxylic acids is 2. The van der Waals surface area contributed by atoms with Gasteiger partial charge in [0.2, 0.25) is 5.91 Å². The molecule has 0 bridgehead atoms. The molecule has 2 aliphatic carbocycles. The summed E-state index contributed by atoms with van der Waals surface area (Å²) in [5.41, 5.74) is 2.43. The Kier molecular flexibility index (Phi) is 7.29. The van der Waals surface area contributed by atoms with Gasteiger partial charge in [-0.3, -0.25) is 9.59 Å². The van der Waals surface area contributed by atoms with Crippen molar-refractivity contribution in [2.45, 2.75) is 70.3 Å². The molecule has 202 valence electrons. The Bertz CT molecular complexity index is 1360. The number of amides is 2. The van der Waals surface area contributed by atoms with E-state index in [1.165, 1.54) is 25.4 Å². The van der Waals surface area contributed by atoms with Crippen LogP contribution in [0.1, 0.15) is 55.1 Å². The second kappa shape index (κ2) is 10.6. The van der Waals surface area contributed by atoms with Crippen LogP contribution in [0.2, 0.25) is 0 Å². The first kappa shape index (κ1) is 26.0. The number of nitrogens with zero attached hydrogens (tertiary/aromatic N) is 2. The van der Waals surface area contributed by atoms with Gasteiger partial charge in [0.15, 0.2) is 0 Å². The number of carbonyl (C=O) groups is 2. The van der Waals surface area contributed by atoms with E-state index in [1.54, 1.807) is 13.0 Å². The van der Waals surface area contributed by atoms with Crippen LogP contribution >= 0.6 is 0 Å². The van der Waals surface area contributed by atoms with Gasteiger partial charge in [-0.05, 0) is 63.6 Å². The molecule has 4 atom stereocenters. The molecule has 3 aromatic rings. The zero-order chi connectivity index (χ0) is 27.0. The quantitative estimate of drug-likeness (QED) is 0.356. The van der Waals surface area contributed by atoms with Gasteiger partial charge < -0.3 is 25.5 Å². The average Bonchev–Trinajstić information content (AvgIpc) is 3.64. The van der Waals surface area contributed by atoms with Crippen molar-refractivity contribution in [3.63, 3.8) is 0 Å². The predicted molar refractivity (Wildman–Crippen MR) is 136 cm³/mol. The van der Waals surface area contributed by atoms with E-state index < -0.39 is 42.0 Å². The first-order valence-corrected chi connectivity index (χ1v) is 12.9. The summed E-state index contributed by atoms with van der Waals surface area (Å²) in [4.78, 5) is 36.9. The number of hydrogen-bond acceptors (Lipinski definition) is 6. The highest BCUT2D eigenvalue weighted by molar-refractivity contribution is 6.09. The van der Waals surface area contributed by atoms with Crippen LogP contribution in [-0.4, -0.2) is 62.8 Å². The highest BCUT2D eigenvalue weighted by Gasteiger charge is 2.34. The molecule has 5 rings (SSSR count). The molecule has 0 aliphatic heterocycles. The lowest BCUT2D eigenvalue weighted by Crippen LogP contribution is -2.51. The van der Waals surface area contributed by atoms with Crippen molar-refractivity contribution in [3.05, 3.63) is 41.6 Å². The first-order valence-electron chi connectivity index (χ1n) is 12.9. The van der Waals surface area contributed by atoms with Gasteiger partial charge in [-0.15, -0.1) is 0 Å². The molecule has 38 heavy (non-hydrogen) atoms. The minimum absolute atomic E-state index is 0.0335. The SMILES string of the molecule is Cc1[nH]c2c(-c3cc(F)ccc3OCC3CC3)ncnc2c1C(=O)NC1CCC(NC(=O)[C@H](C)O)CC1F. The van der Waals surface area contributed by atoms with Crippen molar-refractivity contribution >= 4 is 22.8 Å². The molecule has 0 spiro atoms. The molecule has 2 saturated carbocycles. The third kappa shape index (κ3) is 5.47. The number of aromatic amines is 1. The smallest absolute Gasteiger partial charge is 0.255 e. The van der Waals surface area contributed by atoms with E-state index in [2.05, 4.69) is 25.6 Å². The Balaban J connectivity index is 1.37. The summed E-state index contributed by atoms with van der Waals surface area (Å²) < 4.78 is 35.2. The van der Waals surface area contributed by atoms with E-state index in [0.717, 1.165) is 12.8 Å². The normalized spacial score (nSPS) is 22.2. The molecule has 2 fully saturated rings. The maximum Gasteiger partial charge on any atom is 0.255 e. The molecule has 9 nitrogen and oxygen atoms in total. The molecule has 2 amide bonds. The van der Waals surface area contributed by atoms with Crippen molar-refractivity contribution < 1.29 is 28.2 Å². The first-order chi connectivity index (χ1) is 18.2. The minimum Gasteiger partial charge on any atom is -0.493 e. The lowest BCUT2D eigenvalue weighted by atomic mass is 9.89. The Morgan fingerprint density at radius 3 is 2.71 bits per heavy atom. The van der Waals surface area contributed by atoms with Crippen molar-refractivity contribution in [2.24, 2.45) is 5.92 Å². The topological polar surface area (TPSA) is 129 Å². The fraction of sp³-hybridized carbons (Fsp3) is 0.481. The van der Waals surface area contributed by atoms with Crippen LogP contribution in [-0.2, 0) is 4.79 Å². The summed E-state index contributed by atoms with van der Waals surface area (Å²) >= 11 is 0. The number of aliphatic hydroxyl groups excluding tert-OH is 1. The van der Waals surface area contributed by atoms with E-state index in [-0.39, 0.29) is 12.0 Å². The van der Waals surface area contributed by atoms with Gasteiger partial charge in [-0.25, -0.2) is 18.7 Å². The van der Waals surface area contributed by atoms with Crippen molar-refractivity contribution in [1.29, 1.82) is 0 Å². The minimum atomic E-state index is -1.37. The van der Waals surface area contributed by atoms with Gasteiger partial charge in [0.05, 0.1) is 23.7 Å². The molecular formula is C27H31F2N5O4. The summed E-state index contributed by atoms with van der Waals surface area (Å²) in [5, 5.41) is 14.8. The number of halogens is 2. The fourth-order valence-electron chi connectivity index (χ4n) is 4.88. The Morgan fingerprint density at radius 1 is 1.21 bits per heavy atom. The lowest BCUT2D eigenvalue weighted by Gasteiger charge is -2.32. The number of aliphatic hydroxyl groups is 1. The average molecular weight is 528 g/mol. The maximum absolute atomic E-state index is 15.0. The van der Waals surface area contributed by atoms with Gasteiger partial charge in [0.25, 0.3) is 5.91 Å². The van der Waals surface area contributed by atoms with E-state index >= 15 is 0 Å².